The lowest BCUT2D eigenvalue weighted by Crippen LogP contribution is -2.41. The van der Waals surface area contributed by atoms with E-state index in [4.69, 9.17) is 9.47 Å². The van der Waals surface area contributed by atoms with E-state index < -0.39 is 23.5 Å². The molecule has 6 heteroatoms. The molecule has 0 spiro atoms. The summed E-state index contributed by atoms with van der Waals surface area (Å²) in [5.74, 6) is -3.47. The first-order valence-electron chi connectivity index (χ1n) is 5.42. The molecule has 0 saturated carbocycles. The van der Waals surface area contributed by atoms with Crippen molar-refractivity contribution in [3.63, 3.8) is 0 Å². The summed E-state index contributed by atoms with van der Waals surface area (Å²) in [5.41, 5.74) is -0.185. The molecule has 1 aromatic carbocycles. The van der Waals surface area contributed by atoms with E-state index in [9.17, 15) is 14.0 Å². The third kappa shape index (κ3) is 3.12. The predicted octanol–water partition coefficient (Wildman–Crippen LogP) is 2.65. The highest BCUT2D eigenvalue weighted by Gasteiger charge is 2.38. The predicted molar refractivity (Wildman–Crippen MR) is 73.4 cm³/mol. The van der Waals surface area contributed by atoms with Crippen LogP contribution in [0.25, 0.3) is 6.08 Å². The van der Waals surface area contributed by atoms with Gasteiger partial charge in [-0.2, -0.15) is 0 Å². The molecular formula is C13H10FIO4. The van der Waals surface area contributed by atoms with Crippen LogP contribution in [0.3, 0.4) is 0 Å². The maximum absolute atomic E-state index is 13.6. The Hall–Kier alpha value is -1.44. The fourth-order valence-corrected chi connectivity index (χ4v) is 2.07. The second-order valence-electron chi connectivity index (χ2n) is 4.40. The lowest BCUT2D eigenvalue weighted by atomic mass is 10.1. The molecule has 0 aliphatic carbocycles. The summed E-state index contributed by atoms with van der Waals surface area (Å²) in [4.78, 5) is 23.4. The van der Waals surface area contributed by atoms with Gasteiger partial charge in [-0.15, -0.1) is 0 Å². The number of halogens is 2. The molecule has 0 N–H and O–H groups in total. The zero-order valence-corrected chi connectivity index (χ0v) is 12.4. The molecule has 1 aliphatic heterocycles. The summed E-state index contributed by atoms with van der Waals surface area (Å²) < 4.78 is 24.2. The Bertz CT molecular complexity index is 570. The largest absolute Gasteiger partial charge is 0.419 e. The highest BCUT2D eigenvalue weighted by atomic mass is 127. The summed E-state index contributed by atoms with van der Waals surface area (Å²) in [6, 6.07) is 4.36. The Morgan fingerprint density at radius 3 is 2.37 bits per heavy atom. The number of hydrogen-bond acceptors (Lipinski definition) is 4. The van der Waals surface area contributed by atoms with E-state index in [1.165, 1.54) is 26.0 Å². The smallest absolute Gasteiger partial charge is 0.348 e. The van der Waals surface area contributed by atoms with E-state index in [-0.39, 0.29) is 11.1 Å². The van der Waals surface area contributed by atoms with Crippen LogP contribution in [-0.4, -0.2) is 17.7 Å². The quantitative estimate of drug-likeness (QED) is 0.327. The molecule has 2 rings (SSSR count). The van der Waals surface area contributed by atoms with E-state index in [1.807, 2.05) is 22.6 Å². The average molecular weight is 376 g/mol. The standard InChI is InChI=1S/C13H10FIO4/c1-13(2)18-11(16)9(12(17)19-13)6-7-5-8(15)3-4-10(7)14/h3-6H,1-2H3. The lowest BCUT2D eigenvalue weighted by molar-refractivity contribution is -0.222. The van der Waals surface area contributed by atoms with Crippen molar-refractivity contribution >= 4 is 40.6 Å². The van der Waals surface area contributed by atoms with Gasteiger partial charge < -0.3 is 9.47 Å². The van der Waals surface area contributed by atoms with Crippen molar-refractivity contribution in [2.45, 2.75) is 19.6 Å². The van der Waals surface area contributed by atoms with E-state index in [2.05, 4.69) is 0 Å². The van der Waals surface area contributed by atoms with Gasteiger partial charge in [-0.1, -0.05) is 0 Å². The lowest BCUT2D eigenvalue weighted by Gasteiger charge is -2.29. The van der Waals surface area contributed by atoms with Crippen molar-refractivity contribution in [3.8, 4) is 0 Å². The average Bonchev–Trinajstić information content (AvgIpc) is 2.26. The number of benzene rings is 1. The van der Waals surface area contributed by atoms with Crippen molar-refractivity contribution in [2.24, 2.45) is 0 Å². The van der Waals surface area contributed by atoms with Crippen molar-refractivity contribution in [1.82, 2.24) is 0 Å². The van der Waals surface area contributed by atoms with Gasteiger partial charge in [-0.25, -0.2) is 14.0 Å². The van der Waals surface area contributed by atoms with E-state index >= 15 is 0 Å². The molecule has 1 fully saturated rings. The van der Waals surface area contributed by atoms with Gasteiger partial charge in [0.2, 0.25) is 0 Å². The summed E-state index contributed by atoms with van der Waals surface area (Å²) in [6.07, 6.45) is 1.14. The highest BCUT2D eigenvalue weighted by molar-refractivity contribution is 14.1. The van der Waals surface area contributed by atoms with Crippen LogP contribution >= 0.6 is 22.6 Å². The minimum atomic E-state index is -1.30. The molecule has 0 amide bonds. The molecular weight excluding hydrogens is 366 g/mol. The molecule has 19 heavy (non-hydrogen) atoms. The van der Waals surface area contributed by atoms with Gasteiger partial charge in [-0.05, 0) is 46.9 Å². The van der Waals surface area contributed by atoms with Crippen LogP contribution < -0.4 is 0 Å². The zero-order chi connectivity index (χ0) is 14.2. The monoisotopic (exact) mass is 376 g/mol. The molecule has 1 aromatic rings. The molecule has 0 radical (unpaired) electrons. The fourth-order valence-electron chi connectivity index (χ4n) is 1.56. The normalized spacial score (nSPS) is 17.8. The van der Waals surface area contributed by atoms with Gasteiger partial charge in [0.25, 0.3) is 5.79 Å². The summed E-state index contributed by atoms with van der Waals surface area (Å²) >= 11 is 2.00. The van der Waals surface area contributed by atoms with E-state index in [0.29, 0.717) is 0 Å². The van der Waals surface area contributed by atoms with Crippen molar-refractivity contribution in [3.05, 3.63) is 38.7 Å². The maximum Gasteiger partial charge on any atom is 0.348 e. The minimum Gasteiger partial charge on any atom is -0.419 e. The zero-order valence-electron chi connectivity index (χ0n) is 10.2. The van der Waals surface area contributed by atoms with E-state index in [1.54, 1.807) is 6.07 Å². The van der Waals surface area contributed by atoms with Crippen LogP contribution in [0.2, 0.25) is 0 Å². The second kappa shape index (κ2) is 4.92. The Balaban J connectivity index is 2.41. The Labute approximate surface area is 122 Å². The molecule has 1 saturated heterocycles. The van der Waals surface area contributed by atoms with Crippen LogP contribution in [-0.2, 0) is 19.1 Å². The summed E-state index contributed by atoms with van der Waals surface area (Å²) in [6.45, 7) is 2.90. The van der Waals surface area contributed by atoms with Gasteiger partial charge in [0.15, 0.2) is 0 Å². The number of carbonyl (C=O) groups is 2. The Kier molecular flexibility index (Phi) is 3.62. The molecule has 1 heterocycles. The topological polar surface area (TPSA) is 52.6 Å². The third-order valence-electron chi connectivity index (χ3n) is 2.37. The first-order chi connectivity index (χ1) is 8.78. The highest BCUT2D eigenvalue weighted by Crippen LogP contribution is 2.25. The fraction of sp³-hybridized carbons (Fsp3) is 0.231. The molecule has 1 aliphatic rings. The molecule has 0 atom stereocenters. The van der Waals surface area contributed by atoms with Crippen molar-refractivity contribution in [1.29, 1.82) is 0 Å². The Morgan fingerprint density at radius 1 is 1.21 bits per heavy atom. The first kappa shape index (κ1) is 14.0. The number of cyclic esters (lactones) is 2. The van der Waals surface area contributed by atoms with Crippen molar-refractivity contribution < 1.29 is 23.5 Å². The number of hydrogen-bond donors (Lipinski definition) is 0. The van der Waals surface area contributed by atoms with Gasteiger partial charge in [0.05, 0.1) is 0 Å². The number of carbonyl (C=O) groups excluding carboxylic acids is 2. The van der Waals surface area contributed by atoms with Crippen LogP contribution in [0.1, 0.15) is 19.4 Å². The van der Waals surface area contributed by atoms with Gasteiger partial charge in [-0.3, -0.25) is 0 Å². The van der Waals surface area contributed by atoms with Crippen LogP contribution in [0.4, 0.5) is 4.39 Å². The molecule has 0 unspecified atom stereocenters. The maximum atomic E-state index is 13.6. The van der Waals surface area contributed by atoms with Gasteiger partial charge >= 0.3 is 11.9 Å². The van der Waals surface area contributed by atoms with Crippen molar-refractivity contribution in [2.75, 3.05) is 0 Å². The molecule has 4 nitrogen and oxygen atoms in total. The summed E-state index contributed by atoms with van der Waals surface area (Å²) in [7, 11) is 0. The summed E-state index contributed by atoms with van der Waals surface area (Å²) in [5, 5.41) is 0. The van der Waals surface area contributed by atoms with Crippen LogP contribution in [0.15, 0.2) is 23.8 Å². The third-order valence-corrected chi connectivity index (χ3v) is 3.05. The molecule has 100 valence electrons. The molecule has 0 aromatic heterocycles. The first-order valence-corrected chi connectivity index (χ1v) is 6.50. The second-order valence-corrected chi connectivity index (χ2v) is 5.65. The van der Waals surface area contributed by atoms with E-state index in [0.717, 1.165) is 9.65 Å². The van der Waals surface area contributed by atoms with Gasteiger partial charge in [0.1, 0.15) is 11.4 Å². The Morgan fingerprint density at radius 2 is 1.79 bits per heavy atom. The number of rotatable bonds is 1. The minimum absolute atomic E-state index is 0.135. The van der Waals surface area contributed by atoms with Crippen LogP contribution in [0.5, 0.6) is 0 Å². The van der Waals surface area contributed by atoms with Gasteiger partial charge in [0, 0.05) is 23.0 Å². The number of esters is 2. The number of ether oxygens (including phenoxy) is 2. The van der Waals surface area contributed by atoms with Crippen LogP contribution in [0, 0.1) is 9.39 Å². The SMILES string of the molecule is CC1(C)OC(=O)C(=Cc2cc(I)ccc2F)C(=O)O1. The molecule has 0 bridgehead atoms.